The van der Waals surface area contributed by atoms with E-state index in [2.05, 4.69) is 30.3 Å². The van der Waals surface area contributed by atoms with E-state index in [1.807, 2.05) is 7.05 Å². The molecule has 1 fully saturated rings. The van der Waals surface area contributed by atoms with E-state index in [1.54, 1.807) is 24.8 Å². The molecule has 4 heterocycles. The number of benzene rings is 1. The van der Waals surface area contributed by atoms with Crippen molar-refractivity contribution in [3.05, 3.63) is 53.1 Å². The fourth-order valence-corrected chi connectivity index (χ4v) is 4.48. The average Bonchev–Trinajstić information content (AvgIpc) is 3.33. The average molecular weight is 514 g/mol. The van der Waals surface area contributed by atoms with Gasteiger partial charge < -0.3 is 20.9 Å². The van der Waals surface area contributed by atoms with Gasteiger partial charge in [0.15, 0.2) is 11.3 Å². The van der Waals surface area contributed by atoms with Crippen molar-refractivity contribution in [2.45, 2.75) is 26.1 Å². The van der Waals surface area contributed by atoms with Crippen LogP contribution in [0.1, 0.15) is 40.3 Å². The largest absolute Gasteiger partial charge is 0.416 e. The lowest BCUT2D eigenvalue weighted by Gasteiger charge is -2.32. The van der Waals surface area contributed by atoms with Gasteiger partial charge in [0.1, 0.15) is 18.0 Å². The highest BCUT2D eigenvalue weighted by molar-refractivity contribution is 6.04. The van der Waals surface area contributed by atoms with E-state index in [9.17, 15) is 18.0 Å². The van der Waals surface area contributed by atoms with Gasteiger partial charge in [0.25, 0.3) is 5.91 Å². The van der Waals surface area contributed by atoms with Crippen molar-refractivity contribution in [2.24, 2.45) is 0 Å². The predicted molar refractivity (Wildman–Crippen MR) is 132 cm³/mol. The quantitative estimate of drug-likeness (QED) is 0.400. The number of carbonyl (C=O) groups is 1. The Hall–Kier alpha value is -4.00. The van der Waals surface area contributed by atoms with E-state index >= 15 is 0 Å². The van der Waals surface area contributed by atoms with Gasteiger partial charge in [-0.25, -0.2) is 15.0 Å². The van der Waals surface area contributed by atoms with Crippen molar-refractivity contribution in [3.63, 3.8) is 0 Å². The molecule has 1 saturated heterocycles. The number of nitrogens with zero attached hydrogens (tertiary/aromatic N) is 7. The fraction of sp³-hybridized carbons (Fsp3) is 0.375. The van der Waals surface area contributed by atoms with Crippen LogP contribution in [0.15, 0.2) is 30.6 Å². The second kappa shape index (κ2) is 9.14. The molecule has 1 atom stereocenters. The van der Waals surface area contributed by atoms with E-state index in [4.69, 9.17) is 5.73 Å². The molecule has 1 aromatic carbocycles. The topological polar surface area (TPSA) is 118 Å². The summed E-state index contributed by atoms with van der Waals surface area (Å²) in [7, 11) is 2.01. The molecule has 0 radical (unpaired) electrons. The predicted octanol–water partition coefficient (Wildman–Crippen LogP) is 3.14. The van der Waals surface area contributed by atoms with Gasteiger partial charge in [0, 0.05) is 31.9 Å². The molecule has 1 aliphatic rings. The number of halogens is 3. The molecular weight excluding hydrogens is 487 g/mol. The molecule has 1 amide bonds. The van der Waals surface area contributed by atoms with Gasteiger partial charge in [-0.15, -0.1) is 0 Å². The lowest BCUT2D eigenvalue weighted by molar-refractivity contribution is -0.137. The first-order valence-corrected chi connectivity index (χ1v) is 11.7. The number of aromatic nitrogens is 5. The Kier molecular flexibility index (Phi) is 6.10. The van der Waals surface area contributed by atoms with E-state index in [0.29, 0.717) is 52.5 Å². The number of likely N-dealkylation sites (N-methyl/N-ethyl adjacent to an activating group) is 1. The van der Waals surface area contributed by atoms with Gasteiger partial charge in [-0.05, 0) is 50.7 Å². The second-order valence-electron chi connectivity index (χ2n) is 9.26. The minimum absolute atomic E-state index is 0.00610. The fourth-order valence-electron chi connectivity index (χ4n) is 4.48. The Labute approximate surface area is 210 Å². The molecule has 37 heavy (non-hydrogen) atoms. The third kappa shape index (κ3) is 4.73. The van der Waals surface area contributed by atoms with Crippen LogP contribution >= 0.6 is 0 Å². The third-order valence-corrected chi connectivity index (χ3v) is 6.49. The van der Waals surface area contributed by atoms with Crippen LogP contribution in [-0.4, -0.2) is 73.5 Å². The molecule has 194 valence electrons. The van der Waals surface area contributed by atoms with Gasteiger partial charge in [0.2, 0.25) is 0 Å². The van der Waals surface area contributed by atoms with Crippen molar-refractivity contribution in [3.8, 4) is 0 Å². The van der Waals surface area contributed by atoms with Gasteiger partial charge in [0.05, 0.1) is 22.6 Å². The van der Waals surface area contributed by atoms with Crippen LogP contribution < -0.4 is 11.1 Å². The number of nitrogens with one attached hydrogen (secondary N) is 1. The summed E-state index contributed by atoms with van der Waals surface area (Å²) in [5.74, 6) is 0.592. The van der Waals surface area contributed by atoms with Crippen molar-refractivity contribution in [1.29, 1.82) is 0 Å². The summed E-state index contributed by atoms with van der Waals surface area (Å²) >= 11 is 0. The highest BCUT2D eigenvalue weighted by Gasteiger charge is 2.32. The number of nitrogen functional groups attached to an aromatic ring is 1. The minimum Gasteiger partial charge on any atom is -0.399 e. The number of carbonyl (C=O) groups excluding carboxylic acids is 1. The number of alkyl halides is 3. The monoisotopic (exact) mass is 513 g/mol. The van der Waals surface area contributed by atoms with Crippen LogP contribution in [0.5, 0.6) is 0 Å². The Morgan fingerprint density at radius 1 is 1.08 bits per heavy atom. The molecule has 5 rings (SSSR count). The molecule has 3 N–H and O–H groups in total. The lowest BCUT2D eigenvalue weighted by atomic mass is 10.0. The summed E-state index contributed by atoms with van der Waals surface area (Å²) in [6.45, 7) is 6.09. The van der Waals surface area contributed by atoms with Crippen molar-refractivity contribution in [1.82, 2.24) is 34.4 Å². The SMILES string of the molecule is Cc1nc(N[C@H](C)c2cc(N)cc(C(F)(F)F)c2)c2cc(C(=O)N3CCN(C)CC3)c3ncnn3c2n1. The number of aryl methyl sites for hydroxylation is 1. The summed E-state index contributed by atoms with van der Waals surface area (Å²) in [6.07, 6.45) is -3.17. The Morgan fingerprint density at radius 3 is 2.51 bits per heavy atom. The first-order chi connectivity index (χ1) is 17.5. The van der Waals surface area contributed by atoms with Gasteiger partial charge in [-0.3, -0.25) is 4.79 Å². The molecule has 3 aromatic heterocycles. The Bertz CT molecular complexity index is 1490. The number of hydrogen-bond acceptors (Lipinski definition) is 8. The molecular formula is C24H26F3N9O. The summed E-state index contributed by atoms with van der Waals surface area (Å²) in [4.78, 5) is 30.7. The maximum absolute atomic E-state index is 13.5. The molecule has 13 heteroatoms. The third-order valence-electron chi connectivity index (χ3n) is 6.49. The lowest BCUT2D eigenvalue weighted by Crippen LogP contribution is -2.47. The highest BCUT2D eigenvalue weighted by atomic mass is 19.4. The maximum atomic E-state index is 13.5. The smallest absolute Gasteiger partial charge is 0.399 e. The molecule has 4 aromatic rings. The molecule has 0 bridgehead atoms. The number of fused-ring (bicyclic) bond motifs is 3. The second-order valence-corrected chi connectivity index (χ2v) is 9.26. The Morgan fingerprint density at radius 2 is 1.81 bits per heavy atom. The maximum Gasteiger partial charge on any atom is 0.416 e. The number of amides is 1. The van der Waals surface area contributed by atoms with Crippen LogP contribution in [0, 0.1) is 6.92 Å². The zero-order chi connectivity index (χ0) is 26.5. The van der Waals surface area contributed by atoms with Crippen molar-refractivity contribution >= 4 is 34.1 Å². The van der Waals surface area contributed by atoms with Crippen LogP contribution in [0.2, 0.25) is 0 Å². The van der Waals surface area contributed by atoms with E-state index < -0.39 is 17.8 Å². The Balaban J connectivity index is 1.58. The molecule has 0 aliphatic carbocycles. The highest BCUT2D eigenvalue weighted by Crippen LogP contribution is 2.34. The van der Waals surface area contributed by atoms with Crippen molar-refractivity contribution in [2.75, 3.05) is 44.3 Å². The van der Waals surface area contributed by atoms with Gasteiger partial charge in [-0.2, -0.15) is 22.8 Å². The number of nitrogens with two attached hydrogens (primary N) is 1. The van der Waals surface area contributed by atoms with Crippen LogP contribution in [-0.2, 0) is 6.18 Å². The van der Waals surface area contributed by atoms with E-state index in [1.165, 1.54) is 16.9 Å². The summed E-state index contributed by atoms with van der Waals surface area (Å²) in [6, 6.07) is 4.53. The van der Waals surface area contributed by atoms with Crippen LogP contribution in [0.3, 0.4) is 0 Å². The zero-order valence-electron chi connectivity index (χ0n) is 20.5. The minimum atomic E-state index is -4.53. The van der Waals surface area contributed by atoms with Crippen molar-refractivity contribution < 1.29 is 18.0 Å². The molecule has 1 aliphatic heterocycles. The normalized spacial score (nSPS) is 15.9. The standard InChI is InChI=1S/C24H26F3N9O/c1-13(15-8-16(24(25,26)27)10-17(28)9-15)31-20-18-11-19(23(37)35-6-4-34(3)5-7-35)21-29-12-30-36(21)22(18)33-14(2)32-20/h8-13H,4-7,28H2,1-3H3,(H,31,32,33)/t13-/m1/s1. The van der Waals surface area contributed by atoms with Crippen LogP contribution in [0.4, 0.5) is 24.7 Å². The summed E-state index contributed by atoms with van der Waals surface area (Å²) in [5.41, 5.74) is 6.43. The molecule has 10 nitrogen and oxygen atoms in total. The number of hydrogen-bond donors (Lipinski definition) is 2. The van der Waals surface area contributed by atoms with E-state index in [0.717, 1.165) is 25.2 Å². The number of anilines is 2. The zero-order valence-corrected chi connectivity index (χ0v) is 20.5. The number of piperazine rings is 1. The van der Waals surface area contributed by atoms with Gasteiger partial charge >= 0.3 is 6.18 Å². The first-order valence-electron chi connectivity index (χ1n) is 11.7. The van der Waals surface area contributed by atoms with E-state index in [-0.39, 0.29) is 11.6 Å². The summed E-state index contributed by atoms with van der Waals surface area (Å²) in [5, 5.41) is 7.97. The number of pyridine rings is 1. The summed E-state index contributed by atoms with van der Waals surface area (Å²) < 4.78 is 41.6. The number of rotatable bonds is 4. The molecule has 0 spiro atoms. The van der Waals surface area contributed by atoms with Gasteiger partial charge in [-0.1, -0.05) is 0 Å². The van der Waals surface area contributed by atoms with Crippen LogP contribution in [0.25, 0.3) is 16.7 Å². The first kappa shape index (κ1) is 24.7. The molecule has 0 saturated carbocycles. The molecule has 0 unspecified atom stereocenters.